The van der Waals surface area contributed by atoms with E-state index < -0.39 is 14.7 Å². The molecule has 2 nitrogen and oxygen atoms in total. The summed E-state index contributed by atoms with van der Waals surface area (Å²) in [6.45, 7) is 2.57. The van der Waals surface area contributed by atoms with Crippen molar-refractivity contribution >= 4 is 19.7 Å². The normalized spacial score (nSPS) is 12.9. The van der Waals surface area contributed by atoms with Crippen LogP contribution in [0.15, 0.2) is 29.2 Å². The van der Waals surface area contributed by atoms with Gasteiger partial charge in [-0.1, -0.05) is 18.2 Å². The summed E-state index contributed by atoms with van der Waals surface area (Å²) < 4.78 is 35.8. The SMILES string of the molecule is CC(C)(F)c1ccccc1S(=O)(=O)Cl. The molecule has 1 rings (SSSR count). The number of halogens is 2. The van der Waals surface area contributed by atoms with E-state index in [4.69, 9.17) is 10.7 Å². The Labute approximate surface area is 87.1 Å². The Morgan fingerprint density at radius 3 is 2.14 bits per heavy atom. The van der Waals surface area contributed by atoms with Gasteiger partial charge in [0.1, 0.15) is 5.67 Å². The minimum Gasteiger partial charge on any atom is -0.239 e. The second-order valence-corrected chi connectivity index (χ2v) is 5.94. The van der Waals surface area contributed by atoms with Gasteiger partial charge >= 0.3 is 0 Å². The molecule has 0 bridgehead atoms. The molecule has 0 spiro atoms. The van der Waals surface area contributed by atoms with Crippen LogP contribution in [-0.4, -0.2) is 8.42 Å². The second kappa shape index (κ2) is 3.51. The van der Waals surface area contributed by atoms with Crippen LogP contribution in [0.25, 0.3) is 0 Å². The van der Waals surface area contributed by atoms with E-state index >= 15 is 0 Å². The van der Waals surface area contributed by atoms with Crippen molar-refractivity contribution in [1.29, 1.82) is 0 Å². The van der Waals surface area contributed by atoms with Gasteiger partial charge in [-0.25, -0.2) is 12.8 Å². The van der Waals surface area contributed by atoms with Crippen molar-refractivity contribution < 1.29 is 12.8 Å². The largest absolute Gasteiger partial charge is 0.261 e. The zero-order chi connectivity index (χ0) is 11.0. The summed E-state index contributed by atoms with van der Waals surface area (Å²) in [5.74, 6) is 0. The van der Waals surface area contributed by atoms with Crippen molar-refractivity contribution in [3.8, 4) is 0 Å². The first kappa shape index (κ1) is 11.5. The van der Waals surface area contributed by atoms with E-state index in [2.05, 4.69) is 0 Å². The Kier molecular flexibility index (Phi) is 2.88. The highest BCUT2D eigenvalue weighted by Crippen LogP contribution is 2.31. The molecule has 1 aromatic carbocycles. The molecule has 0 aromatic heterocycles. The summed E-state index contributed by atoms with van der Waals surface area (Å²) in [7, 11) is 1.29. The molecule has 1 aromatic rings. The standard InChI is InChI=1S/C9H10ClFO2S/c1-9(2,11)7-5-3-4-6-8(7)14(10,12)13/h3-6H,1-2H3. The van der Waals surface area contributed by atoms with Crippen molar-refractivity contribution in [3.63, 3.8) is 0 Å². The fraction of sp³-hybridized carbons (Fsp3) is 0.333. The van der Waals surface area contributed by atoms with Gasteiger partial charge in [0.2, 0.25) is 0 Å². The summed E-state index contributed by atoms with van der Waals surface area (Å²) in [6, 6.07) is 5.78. The van der Waals surface area contributed by atoms with Crippen LogP contribution in [0.2, 0.25) is 0 Å². The first-order valence-electron chi connectivity index (χ1n) is 3.96. The average Bonchev–Trinajstić information content (AvgIpc) is 2.01. The Hall–Kier alpha value is -0.610. The van der Waals surface area contributed by atoms with E-state index in [0.29, 0.717) is 0 Å². The average molecular weight is 237 g/mol. The van der Waals surface area contributed by atoms with Crippen LogP contribution in [0.3, 0.4) is 0 Å². The molecule has 0 aliphatic carbocycles. The lowest BCUT2D eigenvalue weighted by Gasteiger charge is -2.17. The Bertz CT molecular complexity index is 434. The molecule has 0 heterocycles. The van der Waals surface area contributed by atoms with Gasteiger partial charge in [-0.05, 0) is 19.9 Å². The maximum atomic E-state index is 13.6. The molecule has 0 saturated heterocycles. The minimum absolute atomic E-state index is 0.0787. The van der Waals surface area contributed by atoms with Gasteiger partial charge in [0, 0.05) is 16.2 Å². The zero-order valence-electron chi connectivity index (χ0n) is 7.79. The van der Waals surface area contributed by atoms with Crippen molar-refractivity contribution in [2.24, 2.45) is 0 Å². The number of alkyl halides is 1. The fourth-order valence-corrected chi connectivity index (χ4v) is 2.39. The lowest BCUT2D eigenvalue weighted by molar-refractivity contribution is 0.217. The highest BCUT2D eigenvalue weighted by atomic mass is 35.7. The highest BCUT2D eigenvalue weighted by Gasteiger charge is 2.26. The summed E-state index contributed by atoms with van der Waals surface area (Å²) in [5, 5.41) is 0. The van der Waals surface area contributed by atoms with Gasteiger partial charge in [0.15, 0.2) is 0 Å². The lowest BCUT2D eigenvalue weighted by Crippen LogP contribution is -2.13. The predicted molar refractivity (Wildman–Crippen MR) is 53.6 cm³/mol. The van der Waals surface area contributed by atoms with E-state index in [-0.39, 0.29) is 10.5 Å². The summed E-state index contributed by atoms with van der Waals surface area (Å²) in [5.41, 5.74) is -1.64. The van der Waals surface area contributed by atoms with Crippen LogP contribution in [0, 0.1) is 0 Å². The quantitative estimate of drug-likeness (QED) is 0.740. The molecule has 0 radical (unpaired) electrons. The van der Waals surface area contributed by atoms with Crippen molar-refractivity contribution in [2.75, 3.05) is 0 Å². The third kappa shape index (κ3) is 2.45. The highest BCUT2D eigenvalue weighted by molar-refractivity contribution is 8.13. The molecular formula is C9H10ClFO2S. The Morgan fingerprint density at radius 1 is 1.29 bits per heavy atom. The van der Waals surface area contributed by atoms with Gasteiger partial charge in [0.05, 0.1) is 4.90 Å². The van der Waals surface area contributed by atoms with Crippen LogP contribution < -0.4 is 0 Å². The van der Waals surface area contributed by atoms with Crippen molar-refractivity contribution in [2.45, 2.75) is 24.4 Å². The van der Waals surface area contributed by atoms with Crippen LogP contribution >= 0.6 is 10.7 Å². The maximum absolute atomic E-state index is 13.6. The summed E-state index contributed by atoms with van der Waals surface area (Å²) in [4.78, 5) is -0.172. The number of benzene rings is 1. The molecule has 0 aliphatic heterocycles. The van der Waals surface area contributed by atoms with Gasteiger partial charge < -0.3 is 0 Å². The second-order valence-electron chi connectivity index (χ2n) is 3.41. The first-order valence-corrected chi connectivity index (χ1v) is 6.27. The molecule has 14 heavy (non-hydrogen) atoms. The van der Waals surface area contributed by atoms with Crippen molar-refractivity contribution in [1.82, 2.24) is 0 Å². The van der Waals surface area contributed by atoms with E-state index in [1.54, 1.807) is 6.07 Å². The smallest absolute Gasteiger partial charge is 0.239 e. The lowest BCUT2D eigenvalue weighted by atomic mass is 10.0. The third-order valence-corrected chi connectivity index (χ3v) is 3.17. The van der Waals surface area contributed by atoms with E-state index in [0.717, 1.165) is 0 Å². The van der Waals surface area contributed by atoms with E-state index in [1.807, 2.05) is 0 Å². The minimum atomic E-state index is -3.88. The number of hydrogen-bond donors (Lipinski definition) is 0. The summed E-state index contributed by atoms with van der Waals surface area (Å²) >= 11 is 0. The molecular weight excluding hydrogens is 227 g/mol. The number of hydrogen-bond acceptors (Lipinski definition) is 2. The molecule has 78 valence electrons. The zero-order valence-corrected chi connectivity index (χ0v) is 9.36. The van der Waals surface area contributed by atoms with Crippen LogP contribution in [0.1, 0.15) is 19.4 Å². The molecule has 0 atom stereocenters. The number of rotatable bonds is 2. The fourth-order valence-electron chi connectivity index (χ4n) is 1.17. The van der Waals surface area contributed by atoms with Crippen LogP contribution in [-0.2, 0) is 14.7 Å². The molecule has 0 aliphatic rings. The molecule has 0 N–H and O–H groups in total. The van der Waals surface area contributed by atoms with Gasteiger partial charge in [0.25, 0.3) is 9.05 Å². The molecule has 5 heteroatoms. The van der Waals surface area contributed by atoms with Gasteiger partial charge in [-0.2, -0.15) is 0 Å². The maximum Gasteiger partial charge on any atom is 0.261 e. The predicted octanol–water partition coefficient (Wildman–Crippen LogP) is 2.82. The van der Waals surface area contributed by atoms with Crippen LogP contribution in [0.4, 0.5) is 4.39 Å². The molecule has 0 fully saturated rings. The molecule has 0 unspecified atom stereocenters. The van der Waals surface area contributed by atoms with Crippen LogP contribution in [0.5, 0.6) is 0 Å². The third-order valence-electron chi connectivity index (χ3n) is 1.79. The first-order chi connectivity index (χ1) is 6.23. The Balaban J connectivity index is 3.47. The van der Waals surface area contributed by atoms with E-state index in [1.165, 1.54) is 32.0 Å². The topological polar surface area (TPSA) is 34.1 Å². The molecule has 0 amide bonds. The summed E-state index contributed by atoms with van der Waals surface area (Å²) in [6.07, 6.45) is 0. The van der Waals surface area contributed by atoms with Gasteiger partial charge in [-0.15, -0.1) is 0 Å². The van der Waals surface area contributed by atoms with Gasteiger partial charge in [-0.3, -0.25) is 0 Å². The Morgan fingerprint density at radius 2 is 1.79 bits per heavy atom. The molecule has 0 saturated carbocycles. The van der Waals surface area contributed by atoms with E-state index in [9.17, 15) is 12.8 Å². The van der Waals surface area contributed by atoms with Crippen molar-refractivity contribution in [3.05, 3.63) is 29.8 Å². The monoisotopic (exact) mass is 236 g/mol.